The number of halogens is 2. The first-order valence-electron chi connectivity index (χ1n) is 6.76. The van der Waals surface area contributed by atoms with Crippen molar-refractivity contribution in [3.8, 4) is 0 Å². The van der Waals surface area contributed by atoms with Crippen LogP contribution in [0, 0.1) is 0 Å². The maximum atomic E-state index is 12.4. The van der Waals surface area contributed by atoms with E-state index in [1.165, 1.54) is 7.05 Å². The number of carbonyl (C=O) groups excluding carboxylic acids is 2. The van der Waals surface area contributed by atoms with Crippen LogP contribution >= 0.6 is 27.5 Å². The van der Waals surface area contributed by atoms with Crippen molar-refractivity contribution in [2.45, 2.75) is 0 Å². The summed E-state index contributed by atoms with van der Waals surface area (Å²) in [7, 11) is 1.50. The molecule has 23 heavy (non-hydrogen) atoms. The number of nitrogens with one attached hydrogen (secondary N) is 2. The first kappa shape index (κ1) is 17.2. The van der Waals surface area contributed by atoms with E-state index in [0.717, 1.165) is 5.56 Å². The molecule has 0 heterocycles. The predicted molar refractivity (Wildman–Crippen MR) is 95.1 cm³/mol. The van der Waals surface area contributed by atoms with Crippen LogP contribution in [-0.2, 0) is 4.79 Å². The third kappa shape index (κ3) is 4.68. The predicted octanol–water partition coefficient (Wildman–Crippen LogP) is 3.62. The van der Waals surface area contributed by atoms with Gasteiger partial charge in [-0.05, 0) is 51.8 Å². The normalized spacial score (nSPS) is 11.0. The molecule has 2 N–H and O–H groups in total. The van der Waals surface area contributed by atoms with Gasteiger partial charge in [0.15, 0.2) is 0 Å². The number of benzene rings is 2. The van der Waals surface area contributed by atoms with E-state index in [1.54, 1.807) is 48.5 Å². The SMILES string of the molecule is CNC(=O)C(=Cc1ccc(Cl)cc1)NC(=O)c1ccccc1Br. The number of likely N-dealkylation sites (N-methyl/N-ethyl adjacent to an activating group) is 1. The summed E-state index contributed by atoms with van der Waals surface area (Å²) in [5, 5.41) is 5.74. The third-order valence-electron chi connectivity index (χ3n) is 3.02. The minimum Gasteiger partial charge on any atom is -0.354 e. The van der Waals surface area contributed by atoms with E-state index in [-0.39, 0.29) is 17.5 Å². The summed E-state index contributed by atoms with van der Waals surface area (Å²) < 4.78 is 0.653. The number of rotatable bonds is 4. The molecule has 0 saturated heterocycles. The Kier molecular flexibility index (Phi) is 5.96. The highest BCUT2D eigenvalue weighted by Crippen LogP contribution is 2.17. The highest BCUT2D eigenvalue weighted by molar-refractivity contribution is 9.10. The molecule has 2 aromatic rings. The van der Waals surface area contributed by atoms with Gasteiger partial charge in [-0.3, -0.25) is 9.59 Å². The van der Waals surface area contributed by atoms with Crippen molar-refractivity contribution in [2.75, 3.05) is 7.05 Å². The lowest BCUT2D eigenvalue weighted by Crippen LogP contribution is -2.33. The first-order valence-corrected chi connectivity index (χ1v) is 7.93. The molecule has 0 spiro atoms. The average Bonchev–Trinajstić information content (AvgIpc) is 2.55. The first-order chi connectivity index (χ1) is 11.0. The zero-order valence-electron chi connectivity index (χ0n) is 12.3. The summed E-state index contributed by atoms with van der Waals surface area (Å²) in [6, 6.07) is 13.9. The van der Waals surface area contributed by atoms with Crippen molar-refractivity contribution in [1.82, 2.24) is 10.6 Å². The van der Waals surface area contributed by atoms with Gasteiger partial charge < -0.3 is 10.6 Å². The number of amides is 2. The van der Waals surface area contributed by atoms with Crippen molar-refractivity contribution >= 4 is 45.4 Å². The number of hydrogen-bond donors (Lipinski definition) is 2. The van der Waals surface area contributed by atoms with Crippen molar-refractivity contribution in [2.24, 2.45) is 0 Å². The minimum atomic E-state index is -0.389. The summed E-state index contributed by atoms with van der Waals surface area (Å²) in [5.74, 6) is -0.762. The Morgan fingerprint density at radius 3 is 2.35 bits per heavy atom. The van der Waals surface area contributed by atoms with E-state index in [9.17, 15) is 9.59 Å². The fourth-order valence-corrected chi connectivity index (χ4v) is 2.44. The van der Waals surface area contributed by atoms with Gasteiger partial charge in [-0.15, -0.1) is 0 Å². The van der Waals surface area contributed by atoms with Crippen LogP contribution in [0.2, 0.25) is 5.02 Å². The van der Waals surface area contributed by atoms with Crippen molar-refractivity contribution in [3.05, 3.63) is 74.9 Å². The Balaban J connectivity index is 2.29. The molecule has 0 aliphatic rings. The molecular formula is C17H14BrClN2O2. The smallest absolute Gasteiger partial charge is 0.267 e. The molecule has 0 aromatic heterocycles. The van der Waals surface area contributed by atoms with E-state index in [1.807, 2.05) is 6.07 Å². The molecule has 4 nitrogen and oxygen atoms in total. The zero-order chi connectivity index (χ0) is 16.8. The second kappa shape index (κ2) is 7.94. The molecule has 2 aromatic carbocycles. The molecule has 0 atom stereocenters. The Morgan fingerprint density at radius 1 is 1.09 bits per heavy atom. The van der Waals surface area contributed by atoms with Crippen LogP contribution in [0.15, 0.2) is 58.7 Å². The quantitative estimate of drug-likeness (QED) is 0.780. The molecule has 2 amide bonds. The summed E-state index contributed by atoms with van der Waals surface area (Å²) >= 11 is 9.17. The largest absolute Gasteiger partial charge is 0.354 e. The lowest BCUT2D eigenvalue weighted by Gasteiger charge is -2.10. The Bertz CT molecular complexity index is 757. The Labute approximate surface area is 147 Å². The minimum absolute atomic E-state index is 0.149. The molecule has 118 valence electrons. The van der Waals surface area contributed by atoms with Gasteiger partial charge >= 0.3 is 0 Å². The van der Waals surface area contributed by atoms with Crippen LogP contribution in [-0.4, -0.2) is 18.9 Å². The van der Waals surface area contributed by atoms with E-state index in [4.69, 9.17) is 11.6 Å². The van der Waals surface area contributed by atoms with Gasteiger partial charge in [0.25, 0.3) is 11.8 Å². The number of hydrogen-bond acceptors (Lipinski definition) is 2. The molecule has 0 unspecified atom stereocenters. The molecule has 0 aliphatic heterocycles. The van der Waals surface area contributed by atoms with Gasteiger partial charge in [-0.2, -0.15) is 0 Å². The molecule has 0 fully saturated rings. The van der Waals surface area contributed by atoms with E-state index < -0.39 is 0 Å². The van der Waals surface area contributed by atoms with Crippen LogP contribution in [0.5, 0.6) is 0 Å². The van der Waals surface area contributed by atoms with Crippen LogP contribution in [0.25, 0.3) is 6.08 Å². The summed E-state index contributed by atoms with van der Waals surface area (Å²) in [5.41, 5.74) is 1.34. The monoisotopic (exact) mass is 392 g/mol. The average molecular weight is 394 g/mol. The van der Waals surface area contributed by atoms with E-state index in [0.29, 0.717) is 15.1 Å². The summed E-state index contributed by atoms with van der Waals surface area (Å²) in [4.78, 5) is 24.4. The second-order valence-electron chi connectivity index (χ2n) is 4.62. The molecule has 2 rings (SSSR count). The fourth-order valence-electron chi connectivity index (χ4n) is 1.85. The van der Waals surface area contributed by atoms with Crippen LogP contribution in [0.3, 0.4) is 0 Å². The van der Waals surface area contributed by atoms with Gasteiger partial charge in [-0.25, -0.2) is 0 Å². The van der Waals surface area contributed by atoms with Crippen LogP contribution in [0.4, 0.5) is 0 Å². The molecule has 0 bridgehead atoms. The van der Waals surface area contributed by atoms with Crippen molar-refractivity contribution in [1.29, 1.82) is 0 Å². The summed E-state index contributed by atoms with van der Waals surface area (Å²) in [6.45, 7) is 0. The van der Waals surface area contributed by atoms with E-state index >= 15 is 0 Å². The van der Waals surface area contributed by atoms with Crippen LogP contribution in [0.1, 0.15) is 15.9 Å². The molecule has 0 aliphatic carbocycles. The third-order valence-corrected chi connectivity index (χ3v) is 3.96. The zero-order valence-corrected chi connectivity index (χ0v) is 14.6. The van der Waals surface area contributed by atoms with Gasteiger partial charge in [0.2, 0.25) is 0 Å². The van der Waals surface area contributed by atoms with Gasteiger partial charge in [0.1, 0.15) is 5.70 Å². The molecular weight excluding hydrogens is 380 g/mol. The topological polar surface area (TPSA) is 58.2 Å². The fraction of sp³-hybridized carbons (Fsp3) is 0.0588. The molecule has 6 heteroatoms. The maximum absolute atomic E-state index is 12.4. The highest BCUT2D eigenvalue weighted by atomic mass is 79.9. The van der Waals surface area contributed by atoms with Gasteiger partial charge in [-0.1, -0.05) is 35.9 Å². The van der Waals surface area contributed by atoms with Crippen molar-refractivity contribution in [3.63, 3.8) is 0 Å². The van der Waals surface area contributed by atoms with E-state index in [2.05, 4.69) is 26.6 Å². The Morgan fingerprint density at radius 2 is 1.74 bits per heavy atom. The lowest BCUT2D eigenvalue weighted by molar-refractivity contribution is -0.117. The molecule has 0 saturated carbocycles. The van der Waals surface area contributed by atoms with Crippen LogP contribution < -0.4 is 10.6 Å². The lowest BCUT2D eigenvalue weighted by atomic mass is 10.1. The Hall–Kier alpha value is -2.11. The van der Waals surface area contributed by atoms with Gasteiger partial charge in [0.05, 0.1) is 5.56 Å². The van der Waals surface area contributed by atoms with Gasteiger partial charge in [0, 0.05) is 16.5 Å². The summed E-state index contributed by atoms with van der Waals surface area (Å²) in [6.07, 6.45) is 1.59. The second-order valence-corrected chi connectivity index (χ2v) is 5.91. The van der Waals surface area contributed by atoms with Crippen molar-refractivity contribution < 1.29 is 9.59 Å². The standard InChI is InChI=1S/C17H14BrClN2O2/c1-20-17(23)15(10-11-6-8-12(19)9-7-11)21-16(22)13-4-2-3-5-14(13)18/h2-10H,1H3,(H,20,23)(H,21,22). The maximum Gasteiger partial charge on any atom is 0.267 e. The molecule has 0 radical (unpaired) electrons. The highest BCUT2D eigenvalue weighted by Gasteiger charge is 2.15. The number of carbonyl (C=O) groups is 2.